The summed E-state index contributed by atoms with van der Waals surface area (Å²) in [4.78, 5) is 14.2. The van der Waals surface area contributed by atoms with Gasteiger partial charge >= 0.3 is 0 Å². The SMILES string of the molecule is COc1ccc(C(=O)N2CCCC(Br)C2)c(F)c1. The molecule has 1 atom stereocenters. The topological polar surface area (TPSA) is 29.5 Å². The number of carbonyl (C=O) groups excluding carboxylic acids is 1. The van der Waals surface area contributed by atoms with E-state index in [4.69, 9.17) is 4.74 Å². The van der Waals surface area contributed by atoms with Crippen LogP contribution in [0.3, 0.4) is 0 Å². The molecule has 1 amide bonds. The van der Waals surface area contributed by atoms with Crippen molar-refractivity contribution < 1.29 is 13.9 Å². The van der Waals surface area contributed by atoms with E-state index in [2.05, 4.69) is 15.9 Å². The molecule has 0 N–H and O–H groups in total. The summed E-state index contributed by atoms with van der Waals surface area (Å²) in [6.07, 6.45) is 1.99. The molecule has 1 fully saturated rings. The summed E-state index contributed by atoms with van der Waals surface area (Å²) in [5, 5.41) is 0. The van der Waals surface area contributed by atoms with E-state index in [0.717, 1.165) is 12.8 Å². The number of rotatable bonds is 2. The van der Waals surface area contributed by atoms with Crippen LogP contribution in [0.1, 0.15) is 23.2 Å². The monoisotopic (exact) mass is 315 g/mol. The van der Waals surface area contributed by atoms with Crippen molar-refractivity contribution >= 4 is 21.8 Å². The number of hydrogen-bond donors (Lipinski definition) is 0. The predicted octanol–water partition coefficient (Wildman–Crippen LogP) is 2.83. The number of nitrogens with zero attached hydrogens (tertiary/aromatic N) is 1. The van der Waals surface area contributed by atoms with Crippen LogP contribution >= 0.6 is 15.9 Å². The highest BCUT2D eigenvalue weighted by atomic mass is 79.9. The van der Waals surface area contributed by atoms with Crippen molar-refractivity contribution in [1.82, 2.24) is 4.90 Å². The fraction of sp³-hybridized carbons (Fsp3) is 0.462. The largest absolute Gasteiger partial charge is 0.497 e. The first-order valence-electron chi connectivity index (χ1n) is 5.88. The van der Waals surface area contributed by atoms with Crippen LogP contribution in [0.5, 0.6) is 5.75 Å². The fourth-order valence-corrected chi connectivity index (χ4v) is 2.75. The predicted molar refractivity (Wildman–Crippen MR) is 70.8 cm³/mol. The highest BCUT2D eigenvalue weighted by molar-refractivity contribution is 9.09. The first-order valence-corrected chi connectivity index (χ1v) is 6.80. The number of halogens is 2. The Morgan fingerprint density at radius 1 is 1.56 bits per heavy atom. The van der Waals surface area contributed by atoms with Gasteiger partial charge in [-0.1, -0.05) is 15.9 Å². The van der Waals surface area contributed by atoms with Crippen LogP contribution in [0.15, 0.2) is 18.2 Å². The zero-order valence-corrected chi connectivity index (χ0v) is 11.7. The van der Waals surface area contributed by atoms with Gasteiger partial charge in [0.15, 0.2) is 0 Å². The first-order chi connectivity index (χ1) is 8.61. The fourth-order valence-electron chi connectivity index (χ4n) is 2.08. The number of ether oxygens (including phenoxy) is 1. The number of amides is 1. The van der Waals surface area contributed by atoms with Crippen LogP contribution in [-0.2, 0) is 0 Å². The van der Waals surface area contributed by atoms with Gasteiger partial charge in [0.2, 0.25) is 0 Å². The Bertz CT molecular complexity index is 453. The lowest BCUT2D eigenvalue weighted by Crippen LogP contribution is -2.40. The number of benzene rings is 1. The summed E-state index contributed by atoms with van der Waals surface area (Å²) in [5.41, 5.74) is 0.109. The molecule has 2 rings (SSSR count). The molecule has 3 nitrogen and oxygen atoms in total. The van der Waals surface area contributed by atoms with Crippen molar-refractivity contribution in [3.05, 3.63) is 29.6 Å². The van der Waals surface area contributed by atoms with Crippen molar-refractivity contribution in [2.24, 2.45) is 0 Å². The third-order valence-electron chi connectivity index (χ3n) is 3.06. The van der Waals surface area contributed by atoms with Crippen molar-refractivity contribution in [3.8, 4) is 5.75 Å². The van der Waals surface area contributed by atoms with Crippen LogP contribution < -0.4 is 4.74 Å². The maximum absolute atomic E-state index is 13.8. The van der Waals surface area contributed by atoms with Crippen LogP contribution in [-0.4, -0.2) is 35.8 Å². The van der Waals surface area contributed by atoms with Crippen LogP contribution in [0.2, 0.25) is 0 Å². The maximum Gasteiger partial charge on any atom is 0.256 e. The molecule has 98 valence electrons. The average Bonchev–Trinajstić information content (AvgIpc) is 2.37. The molecule has 1 aliphatic heterocycles. The number of carbonyl (C=O) groups is 1. The van der Waals surface area contributed by atoms with Gasteiger partial charge in [0.05, 0.1) is 12.7 Å². The van der Waals surface area contributed by atoms with E-state index >= 15 is 0 Å². The van der Waals surface area contributed by atoms with Gasteiger partial charge in [-0.25, -0.2) is 4.39 Å². The Balaban J connectivity index is 2.17. The normalized spacial score (nSPS) is 19.7. The van der Waals surface area contributed by atoms with Gasteiger partial charge in [0, 0.05) is 24.0 Å². The number of piperidine rings is 1. The van der Waals surface area contributed by atoms with E-state index in [1.807, 2.05) is 0 Å². The molecular formula is C13H15BrFNO2. The van der Waals surface area contributed by atoms with E-state index in [-0.39, 0.29) is 11.5 Å². The van der Waals surface area contributed by atoms with E-state index in [9.17, 15) is 9.18 Å². The second-order valence-corrected chi connectivity index (χ2v) is 5.63. The molecule has 1 aromatic carbocycles. The minimum absolute atomic E-state index is 0.109. The van der Waals surface area contributed by atoms with E-state index in [1.165, 1.54) is 19.2 Å². The van der Waals surface area contributed by atoms with Crippen molar-refractivity contribution in [1.29, 1.82) is 0 Å². The summed E-state index contributed by atoms with van der Waals surface area (Å²) in [5.74, 6) is -0.364. The molecule has 0 aromatic heterocycles. The lowest BCUT2D eigenvalue weighted by atomic mass is 10.1. The number of likely N-dealkylation sites (tertiary alicyclic amines) is 1. The number of methoxy groups -OCH3 is 1. The second kappa shape index (κ2) is 5.69. The van der Waals surface area contributed by atoms with E-state index in [0.29, 0.717) is 23.7 Å². The van der Waals surface area contributed by atoms with Crippen LogP contribution in [0, 0.1) is 5.82 Å². The molecule has 0 bridgehead atoms. The third kappa shape index (κ3) is 2.83. The number of alkyl halides is 1. The number of hydrogen-bond acceptors (Lipinski definition) is 2. The summed E-state index contributed by atoms with van der Waals surface area (Å²) >= 11 is 3.50. The minimum Gasteiger partial charge on any atom is -0.497 e. The lowest BCUT2D eigenvalue weighted by molar-refractivity contribution is 0.0725. The molecular weight excluding hydrogens is 301 g/mol. The molecule has 0 saturated carbocycles. The van der Waals surface area contributed by atoms with E-state index in [1.54, 1.807) is 11.0 Å². The highest BCUT2D eigenvalue weighted by Crippen LogP contribution is 2.22. The Labute approximate surface area is 114 Å². The van der Waals surface area contributed by atoms with E-state index < -0.39 is 5.82 Å². The second-order valence-electron chi connectivity index (χ2n) is 4.34. The zero-order chi connectivity index (χ0) is 13.1. The highest BCUT2D eigenvalue weighted by Gasteiger charge is 2.24. The molecule has 0 spiro atoms. The molecule has 0 aliphatic carbocycles. The van der Waals surface area contributed by atoms with Gasteiger partial charge in [-0.3, -0.25) is 4.79 Å². The van der Waals surface area contributed by atoms with Gasteiger partial charge in [0.25, 0.3) is 5.91 Å². The van der Waals surface area contributed by atoms with Crippen molar-refractivity contribution in [3.63, 3.8) is 0 Å². The Hall–Kier alpha value is -1.10. The molecule has 0 radical (unpaired) electrons. The van der Waals surface area contributed by atoms with Gasteiger partial charge in [0.1, 0.15) is 11.6 Å². The molecule has 1 saturated heterocycles. The standard InChI is InChI=1S/C13H15BrFNO2/c1-18-10-4-5-11(12(15)7-10)13(17)16-6-2-3-9(14)8-16/h4-5,7,9H,2-3,6,8H2,1H3. The van der Waals surface area contributed by atoms with Gasteiger partial charge < -0.3 is 9.64 Å². The molecule has 5 heteroatoms. The van der Waals surface area contributed by atoms with Gasteiger partial charge in [-0.05, 0) is 25.0 Å². The summed E-state index contributed by atoms with van der Waals surface area (Å²) in [6.45, 7) is 1.32. The van der Waals surface area contributed by atoms with Crippen LogP contribution in [0.4, 0.5) is 4.39 Å². The minimum atomic E-state index is -0.531. The molecule has 1 heterocycles. The summed E-state index contributed by atoms with van der Waals surface area (Å²) in [7, 11) is 1.47. The maximum atomic E-state index is 13.8. The first kappa shape index (κ1) is 13.3. The quantitative estimate of drug-likeness (QED) is 0.785. The molecule has 1 aromatic rings. The van der Waals surface area contributed by atoms with Gasteiger partial charge in [-0.2, -0.15) is 0 Å². The smallest absolute Gasteiger partial charge is 0.256 e. The lowest BCUT2D eigenvalue weighted by Gasteiger charge is -2.30. The van der Waals surface area contributed by atoms with Crippen molar-refractivity contribution in [2.45, 2.75) is 17.7 Å². The van der Waals surface area contributed by atoms with Crippen molar-refractivity contribution in [2.75, 3.05) is 20.2 Å². The summed E-state index contributed by atoms with van der Waals surface area (Å²) in [6, 6.07) is 4.32. The third-order valence-corrected chi connectivity index (χ3v) is 3.81. The Morgan fingerprint density at radius 3 is 2.94 bits per heavy atom. The summed E-state index contributed by atoms with van der Waals surface area (Å²) < 4.78 is 18.7. The average molecular weight is 316 g/mol. The van der Waals surface area contributed by atoms with Gasteiger partial charge in [-0.15, -0.1) is 0 Å². The molecule has 18 heavy (non-hydrogen) atoms. The Kier molecular flexibility index (Phi) is 4.22. The zero-order valence-electron chi connectivity index (χ0n) is 10.2. The molecule has 1 aliphatic rings. The van der Waals surface area contributed by atoms with Crippen LogP contribution in [0.25, 0.3) is 0 Å². The molecule has 1 unspecified atom stereocenters. The Morgan fingerprint density at radius 2 is 2.33 bits per heavy atom.